The van der Waals surface area contributed by atoms with Crippen molar-refractivity contribution >= 4 is 28.5 Å². The van der Waals surface area contributed by atoms with E-state index in [2.05, 4.69) is 10.3 Å². The van der Waals surface area contributed by atoms with Gasteiger partial charge >= 0.3 is 0 Å². The molecule has 130 valence electrons. The molecule has 1 amide bonds. The Kier molecular flexibility index (Phi) is 5.20. The first-order valence-corrected chi connectivity index (χ1v) is 8.22. The summed E-state index contributed by atoms with van der Waals surface area (Å²) in [7, 11) is 1.74. The number of amides is 1. The summed E-state index contributed by atoms with van der Waals surface area (Å²) >= 11 is 0. The zero-order valence-electron chi connectivity index (χ0n) is 14.4. The molecular weight excluding hydrogens is 326 g/mol. The van der Waals surface area contributed by atoms with Crippen LogP contribution >= 0.6 is 0 Å². The smallest absolute Gasteiger partial charge is 0.248 e. The van der Waals surface area contributed by atoms with Gasteiger partial charge in [-0.15, -0.1) is 0 Å². The second-order valence-corrected chi connectivity index (χ2v) is 5.94. The Morgan fingerprint density at radius 3 is 2.58 bits per heavy atom. The largest absolute Gasteiger partial charge is 0.366 e. The lowest BCUT2D eigenvalue weighted by Crippen LogP contribution is -2.15. The SMILES string of the molecule is CNCC(=O)C=Cc1ccc(-c2cncc3ccc(C(N)=O)cc23)cc1. The number of hydrogen-bond donors (Lipinski definition) is 2. The van der Waals surface area contributed by atoms with Crippen molar-refractivity contribution in [2.24, 2.45) is 5.73 Å². The second-order valence-electron chi connectivity index (χ2n) is 5.94. The average molecular weight is 345 g/mol. The van der Waals surface area contributed by atoms with Gasteiger partial charge in [0, 0.05) is 28.9 Å². The van der Waals surface area contributed by atoms with Crippen LogP contribution in [0.5, 0.6) is 0 Å². The molecule has 26 heavy (non-hydrogen) atoms. The lowest BCUT2D eigenvalue weighted by Gasteiger charge is -2.08. The minimum Gasteiger partial charge on any atom is -0.366 e. The van der Waals surface area contributed by atoms with Crippen LogP contribution in [0.15, 0.2) is 60.9 Å². The summed E-state index contributed by atoms with van der Waals surface area (Å²) < 4.78 is 0. The molecule has 0 unspecified atom stereocenters. The number of nitrogens with zero attached hydrogens (tertiary/aromatic N) is 1. The zero-order chi connectivity index (χ0) is 18.5. The Hall–Kier alpha value is -3.31. The van der Waals surface area contributed by atoms with Crippen molar-refractivity contribution in [3.63, 3.8) is 0 Å². The van der Waals surface area contributed by atoms with Crippen LogP contribution in [0.2, 0.25) is 0 Å². The van der Waals surface area contributed by atoms with E-state index in [1.807, 2.05) is 30.3 Å². The molecule has 5 nitrogen and oxygen atoms in total. The summed E-state index contributed by atoms with van der Waals surface area (Å²) in [6.07, 6.45) is 6.88. The highest BCUT2D eigenvalue weighted by molar-refractivity contribution is 6.02. The number of ketones is 1. The molecule has 5 heteroatoms. The monoisotopic (exact) mass is 345 g/mol. The number of benzene rings is 2. The molecule has 3 rings (SSSR count). The molecule has 0 aliphatic carbocycles. The molecule has 0 radical (unpaired) electrons. The van der Waals surface area contributed by atoms with E-state index >= 15 is 0 Å². The van der Waals surface area contributed by atoms with Crippen LogP contribution in [0.3, 0.4) is 0 Å². The summed E-state index contributed by atoms with van der Waals surface area (Å²) in [5, 5.41) is 4.68. The normalized spacial score (nSPS) is 11.1. The highest BCUT2D eigenvalue weighted by atomic mass is 16.1. The maximum absolute atomic E-state index is 11.5. The van der Waals surface area contributed by atoms with E-state index in [1.165, 1.54) is 0 Å². The molecular formula is C21H19N3O2. The molecule has 3 N–H and O–H groups in total. The van der Waals surface area contributed by atoms with Crippen LogP contribution < -0.4 is 11.1 Å². The van der Waals surface area contributed by atoms with Crippen LogP contribution in [0, 0.1) is 0 Å². The highest BCUT2D eigenvalue weighted by Crippen LogP contribution is 2.28. The lowest BCUT2D eigenvalue weighted by molar-refractivity contribution is -0.113. The third-order valence-electron chi connectivity index (χ3n) is 4.08. The fraction of sp³-hybridized carbons (Fsp3) is 0.0952. The number of primary amides is 1. The number of carbonyl (C=O) groups excluding carboxylic acids is 2. The summed E-state index contributed by atoms with van der Waals surface area (Å²) in [4.78, 5) is 27.3. The second kappa shape index (κ2) is 7.72. The van der Waals surface area contributed by atoms with Gasteiger partial charge in [-0.1, -0.05) is 36.4 Å². The minimum atomic E-state index is -0.457. The third-order valence-corrected chi connectivity index (χ3v) is 4.08. The number of aromatic nitrogens is 1. The molecule has 3 aromatic rings. The number of nitrogens with one attached hydrogen (secondary N) is 1. The summed E-state index contributed by atoms with van der Waals surface area (Å²) in [5.74, 6) is -0.435. The first-order chi connectivity index (χ1) is 12.6. The molecule has 0 bridgehead atoms. The number of hydrogen-bond acceptors (Lipinski definition) is 4. The number of nitrogens with two attached hydrogens (primary N) is 1. The van der Waals surface area contributed by atoms with Crippen molar-refractivity contribution in [2.45, 2.75) is 0 Å². The van der Waals surface area contributed by atoms with Crippen molar-refractivity contribution in [2.75, 3.05) is 13.6 Å². The van der Waals surface area contributed by atoms with Gasteiger partial charge in [0.2, 0.25) is 5.91 Å². The van der Waals surface area contributed by atoms with E-state index in [9.17, 15) is 9.59 Å². The first kappa shape index (κ1) is 17.5. The van der Waals surface area contributed by atoms with E-state index in [1.54, 1.807) is 43.7 Å². The van der Waals surface area contributed by atoms with Gasteiger partial charge in [0.05, 0.1) is 6.54 Å². The number of likely N-dealkylation sites (N-methyl/N-ethyl adjacent to an activating group) is 1. The molecule has 0 atom stereocenters. The van der Waals surface area contributed by atoms with Gasteiger partial charge in [0.1, 0.15) is 0 Å². The molecule has 0 aliphatic heterocycles. The van der Waals surface area contributed by atoms with Gasteiger partial charge in [0.15, 0.2) is 5.78 Å². The van der Waals surface area contributed by atoms with Crippen LogP contribution in [0.4, 0.5) is 0 Å². The topological polar surface area (TPSA) is 85.1 Å². The van der Waals surface area contributed by atoms with Crippen LogP contribution in [0.25, 0.3) is 28.0 Å². The third kappa shape index (κ3) is 3.84. The molecule has 0 saturated heterocycles. The molecule has 1 aromatic heterocycles. The zero-order valence-corrected chi connectivity index (χ0v) is 14.4. The molecule has 0 aliphatic rings. The minimum absolute atomic E-state index is 0.0220. The summed E-state index contributed by atoms with van der Waals surface area (Å²) in [6.45, 7) is 0.318. The Bertz CT molecular complexity index is 992. The number of carbonyl (C=O) groups is 2. The molecule has 0 spiro atoms. The van der Waals surface area contributed by atoms with Gasteiger partial charge in [-0.25, -0.2) is 0 Å². The Labute approximate surface area is 151 Å². The fourth-order valence-electron chi connectivity index (χ4n) is 2.74. The lowest BCUT2D eigenvalue weighted by atomic mass is 9.98. The Balaban J connectivity index is 1.95. The Morgan fingerprint density at radius 1 is 1.12 bits per heavy atom. The van der Waals surface area contributed by atoms with E-state index in [4.69, 9.17) is 5.73 Å². The Morgan fingerprint density at radius 2 is 1.88 bits per heavy atom. The summed E-state index contributed by atoms with van der Waals surface area (Å²) in [5.41, 5.74) is 8.70. The summed E-state index contributed by atoms with van der Waals surface area (Å²) in [6, 6.07) is 13.2. The van der Waals surface area contributed by atoms with Crippen LogP contribution in [0.1, 0.15) is 15.9 Å². The highest BCUT2D eigenvalue weighted by Gasteiger charge is 2.08. The number of pyridine rings is 1. The predicted molar refractivity (Wildman–Crippen MR) is 104 cm³/mol. The number of rotatable bonds is 6. The van der Waals surface area contributed by atoms with E-state index in [0.29, 0.717) is 12.1 Å². The van der Waals surface area contributed by atoms with Gasteiger partial charge in [-0.05, 0) is 41.8 Å². The predicted octanol–water partition coefficient (Wildman–Crippen LogP) is 2.80. The maximum atomic E-state index is 11.5. The quantitative estimate of drug-likeness (QED) is 0.673. The van der Waals surface area contributed by atoms with Crippen molar-refractivity contribution in [1.82, 2.24) is 10.3 Å². The fourth-order valence-corrected chi connectivity index (χ4v) is 2.74. The van der Waals surface area contributed by atoms with E-state index in [-0.39, 0.29) is 5.78 Å². The first-order valence-electron chi connectivity index (χ1n) is 8.22. The van der Waals surface area contributed by atoms with E-state index in [0.717, 1.165) is 27.5 Å². The van der Waals surface area contributed by atoms with Gasteiger partial charge in [0.25, 0.3) is 0 Å². The van der Waals surface area contributed by atoms with Crippen molar-refractivity contribution in [3.05, 3.63) is 72.1 Å². The molecule has 1 heterocycles. The number of fused-ring (bicyclic) bond motifs is 1. The van der Waals surface area contributed by atoms with Gasteiger partial charge in [-0.3, -0.25) is 14.6 Å². The maximum Gasteiger partial charge on any atom is 0.248 e. The van der Waals surface area contributed by atoms with Crippen molar-refractivity contribution < 1.29 is 9.59 Å². The van der Waals surface area contributed by atoms with Crippen LogP contribution in [-0.2, 0) is 4.79 Å². The average Bonchev–Trinajstić information content (AvgIpc) is 2.66. The molecule has 2 aromatic carbocycles. The van der Waals surface area contributed by atoms with Gasteiger partial charge in [-0.2, -0.15) is 0 Å². The van der Waals surface area contributed by atoms with Crippen molar-refractivity contribution in [3.8, 4) is 11.1 Å². The standard InChI is InChI=1S/C21H19N3O2/c1-23-12-18(25)9-4-14-2-5-15(6-3-14)20-13-24-11-17-8-7-16(21(22)26)10-19(17)20/h2-11,13,23H,12H2,1H3,(H2,22,26). The molecule has 0 saturated carbocycles. The van der Waals surface area contributed by atoms with Crippen molar-refractivity contribution in [1.29, 1.82) is 0 Å². The molecule has 0 fully saturated rings. The van der Waals surface area contributed by atoms with Crippen LogP contribution in [-0.4, -0.2) is 30.3 Å². The van der Waals surface area contributed by atoms with E-state index < -0.39 is 5.91 Å². The van der Waals surface area contributed by atoms with Gasteiger partial charge < -0.3 is 11.1 Å².